The fraction of sp³-hybridized carbons (Fsp3) is 0.267. The number of hydrogen-bond donors (Lipinski definition) is 1. The van der Waals surface area contributed by atoms with Gasteiger partial charge in [-0.1, -0.05) is 12.1 Å². The molecule has 0 aliphatic rings. The molecule has 0 saturated heterocycles. The van der Waals surface area contributed by atoms with Crippen LogP contribution in [-0.4, -0.2) is 16.7 Å². The third-order valence-corrected chi connectivity index (χ3v) is 3.23. The summed E-state index contributed by atoms with van der Waals surface area (Å²) in [5, 5.41) is 12.5. The molecule has 5 nitrogen and oxygen atoms in total. The number of carbonyl (C=O) groups is 1. The maximum Gasteiger partial charge on any atom is 0.412 e. The first-order chi connectivity index (χ1) is 9.81. The lowest BCUT2D eigenvalue weighted by Gasteiger charge is -2.20. The van der Waals surface area contributed by atoms with Crippen LogP contribution in [0.25, 0.3) is 10.9 Å². The molecular weight excluding hydrogens is 334 g/mol. The molecule has 0 atom stereocenters. The van der Waals surface area contributed by atoms with Crippen molar-refractivity contribution in [2.45, 2.75) is 26.4 Å². The van der Waals surface area contributed by atoms with E-state index in [9.17, 15) is 10.1 Å². The number of nitriles is 1. The van der Waals surface area contributed by atoms with E-state index in [4.69, 9.17) is 4.74 Å². The van der Waals surface area contributed by atoms with Gasteiger partial charge >= 0.3 is 6.09 Å². The zero-order valence-electron chi connectivity index (χ0n) is 11.9. The van der Waals surface area contributed by atoms with Gasteiger partial charge in [0.2, 0.25) is 0 Å². The van der Waals surface area contributed by atoms with E-state index in [0.717, 1.165) is 4.47 Å². The predicted octanol–water partition coefficient (Wildman–Crippen LogP) is 4.22. The van der Waals surface area contributed by atoms with Gasteiger partial charge in [0.1, 0.15) is 11.7 Å². The lowest BCUT2D eigenvalue weighted by molar-refractivity contribution is 0.0636. The average molecular weight is 348 g/mol. The standard InChI is InChI=1S/C15H14BrN3O2/c1-15(2,3)21-14(20)19-12-9(7-17)8-18-13-10(12)5-4-6-11(13)16/h4-6,8H,1-3H3,(H,18,19,20). The first kappa shape index (κ1) is 15.3. The Labute approximate surface area is 131 Å². The Hall–Kier alpha value is -2.13. The number of halogens is 1. The lowest BCUT2D eigenvalue weighted by Crippen LogP contribution is -2.27. The molecule has 0 aliphatic heterocycles. The highest BCUT2D eigenvalue weighted by Gasteiger charge is 2.19. The van der Waals surface area contributed by atoms with Gasteiger partial charge in [0.15, 0.2) is 0 Å². The van der Waals surface area contributed by atoms with Crippen LogP contribution in [-0.2, 0) is 4.74 Å². The summed E-state index contributed by atoms with van der Waals surface area (Å²) in [4.78, 5) is 16.2. The quantitative estimate of drug-likeness (QED) is 0.837. The molecule has 2 aromatic rings. The lowest BCUT2D eigenvalue weighted by atomic mass is 10.1. The van der Waals surface area contributed by atoms with Gasteiger partial charge in [0.05, 0.1) is 16.8 Å². The second kappa shape index (κ2) is 5.70. The van der Waals surface area contributed by atoms with Crippen LogP contribution in [0.15, 0.2) is 28.9 Å². The van der Waals surface area contributed by atoms with E-state index in [1.54, 1.807) is 26.8 Å². The van der Waals surface area contributed by atoms with Crippen LogP contribution >= 0.6 is 15.9 Å². The van der Waals surface area contributed by atoms with Gasteiger partial charge < -0.3 is 4.74 Å². The van der Waals surface area contributed by atoms with Crippen molar-refractivity contribution in [1.82, 2.24) is 4.98 Å². The van der Waals surface area contributed by atoms with Crippen molar-refractivity contribution >= 4 is 38.6 Å². The highest BCUT2D eigenvalue weighted by atomic mass is 79.9. The largest absolute Gasteiger partial charge is 0.444 e. The minimum absolute atomic E-state index is 0.284. The van der Waals surface area contributed by atoms with Crippen molar-refractivity contribution in [3.05, 3.63) is 34.4 Å². The number of nitrogens with zero attached hydrogens (tertiary/aromatic N) is 2. The number of para-hydroxylation sites is 1. The van der Waals surface area contributed by atoms with Gasteiger partial charge in [0.25, 0.3) is 0 Å². The number of pyridine rings is 1. The molecule has 1 heterocycles. The number of rotatable bonds is 1. The van der Waals surface area contributed by atoms with Gasteiger partial charge in [-0.15, -0.1) is 0 Å². The Balaban J connectivity index is 2.49. The molecule has 0 radical (unpaired) electrons. The van der Waals surface area contributed by atoms with E-state index >= 15 is 0 Å². The number of benzene rings is 1. The van der Waals surface area contributed by atoms with Crippen LogP contribution in [0.4, 0.5) is 10.5 Å². The van der Waals surface area contributed by atoms with Crippen molar-refractivity contribution in [2.75, 3.05) is 5.32 Å². The van der Waals surface area contributed by atoms with Crippen molar-refractivity contribution in [3.8, 4) is 6.07 Å². The van der Waals surface area contributed by atoms with E-state index in [2.05, 4.69) is 26.2 Å². The smallest absolute Gasteiger partial charge is 0.412 e. The van der Waals surface area contributed by atoms with Crippen molar-refractivity contribution in [3.63, 3.8) is 0 Å². The Morgan fingerprint density at radius 1 is 1.43 bits per heavy atom. The summed E-state index contributed by atoms with van der Waals surface area (Å²) in [6.07, 6.45) is 0.825. The van der Waals surface area contributed by atoms with Gasteiger partial charge in [0, 0.05) is 16.1 Å². The summed E-state index contributed by atoms with van der Waals surface area (Å²) < 4.78 is 6.02. The van der Waals surface area contributed by atoms with Crippen LogP contribution in [0.5, 0.6) is 0 Å². The van der Waals surface area contributed by atoms with Gasteiger partial charge in [-0.25, -0.2) is 4.79 Å². The van der Waals surface area contributed by atoms with Crippen molar-refractivity contribution < 1.29 is 9.53 Å². The number of fused-ring (bicyclic) bond motifs is 1. The second-order valence-electron chi connectivity index (χ2n) is 5.42. The summed E-state index contributed by atoms with van der Waals surface area (Å²) in [6, 6.07) is 7.48. The SMILES string of the molecule is CC(C)(C)OC(=O)Nc1c(C#N)cnc2c(Br)cccc12. The summed E-state index contributed by atoms with van der Waals surface area (Å²) in [5.41, 5.74) is 0.743. The molecule has 1 aromatic heterocycles. The van der Waals surface area contributed by atoms with Crippen molar-refractivity contribution in [1.29, 1.82) is 5.26 Å². The Morgan fingerprint density at radius 3 is 2.76 bits per heavy atom. The monoisotopic (exact) mass is 347 g/mol. The van der Waals surface area contributed by atoms with Crippen LogP contribution in [0.1, 0.15) is 26.3 Å². The zero-order chi connectivity index (χ0) is 15.6. The predicted molar refractivity (Wildman–Crippen MR) is 84.0 cm³/mol. The van der Waals surface area contributed by atoms with Gasteiger partial charge in [-0.3, -0.25) is 10.3 Å². The highest BCUT2D eigenvalue weighted by Crippen LogP contribution is 2.30. The Morgan fingerprint density at radius 2 is 2.14 bits per heavy atom. The second-order valence-corrected chi connectivity index (χ2v) is 6.28. The van der Waals surface area contributed by atoms with Crippen LogP contribution in [0.2, 0.25) is 0 Å². The molecule has 0 unspecified atom stereocenters. The average Bonchev–Trinajstić information content (AvgIpc) is 2.37. The number of carbonyl (C=O) groups excluding carboxylic acids is 1. The van der Waals surface area contributed by atoms with E-state index in [1.165, 1.54) is 6.20 Å². The molecule has 1 amide bonds. The summed E-state index contributed by atoms with van der Waals surface area (Å²) in [5.74, 6) is 0. The van der Waals surface area contributed by atoms with Crippen LogP contribution in [0.3, 0.4) is 0 Å². The van der Waals surface area contributed by atoms with Crippen LogP contribution in [0, 0.1) is 11.3 Å². The molecule has 21 heavy (non-hydrogen) atoms. The van der Waals surface area contributed by atoms with Gasteiger partial charge in [-0.05, 0) is 42.8 Å². The number of hydrogen-bond acceptors (Lipinski definition) is 4. The highest BCUT2D eigenvalue weighted by molar-refractivity contribution is 9.10. The Bertz CT molecular complexity index is 745. The molecule has 0 saturated carbocycles. The minimum atomic E-state index is -0.611. The fourth-order valence-electron chi connectivity index (χ4n) is 1.81. The molecule has 1 aromatic carbocycles. The third-order valence-electron chi connectivity index (χ3n) is 2.59. The normalized spacial score (nSPS) is 11.0. The Kier molecular flexibility index (Phi) is 4.14. The molecule has 0 fully saturated rings. The van der Waals surface area contributed by atoms with Crippen molar-refractivity contribution in [2.24, 2.45) is 0 Å². The molecule has 108 valence electrons. The first-order valence-electron chi connectivity index (χ1n) is 6.29. The van der Waals surface area contributed by atoms with E-state index in [1.807, 2.05) is 18.2 Å². The molecular formula is C15H14BrN3O2. The van der Waals surface area contributed by atoms with E-state index < -0.39 is 11.7 Å². The van der Waals surface area contributed by atoms with E-state index in [0.29, 0.717) is 16.6 Å². The van der Waals surface area contributed by atoms with E-state index in [-0.39, 0.29) is 5.56 Å². The summed E-state index contributed by atoms with van der Waals surface area (Å²) >= 11 is 3.40. The molecule has 0 aliphatic carbocycles. The third kappa shape index (κ3) is 3.50. The minimum Gasteiger partial charge on any atom is -0.444 e. The number of ether oxygens (including phenoxy) is 1. The molecule has 6 heteroatoms. The number of amides is 1. The molecule has 2 rings (SSSR count). The number of nitrogens with one attached hydrogen (secondary N) is 1. The fourth-order valence-corrected chi connectivity index (χ4v) is 2.28. The van der Waals surface area contributed by atoms with Crippen LogP contribution < -0.4 is 5.32 Å². The maximum atomic E-state index is 11.9. The zero-order valence-corrected chi connectivity index (χ0v) is 13.5. The maximum absolute atomic E-state index is 11.9. The number of aromatic nitrogens is 1. The van der Waals surface area contributed by atoms with Gasteiger partial charge in [-0.2, -0.15) is 5.26 Å². The number of anilines is 1. The molecule has 0 spiro atoms. The topological polar surface area (TPSA) is 75.0 Å². The summed E-state index contributed by atoms with van der Waals surface area (Å²) in [7, 11) is 0. The molecule has 0 bridgehead atoms. The molecule has 1 N–H and O–H groups in total. The first-order valence-corrected chi connectivity index (χ1v) is 7.08. The summed E-state index contributed by atoms with van der Waals surface area (Å²) in [6.45, 7) is 5.33.